The molecule has 0 heterocycles. The number of carbonyl (C=O) groups excluding carboxylic acids is 2. The monoisotopic (exact) mass is 341 g/mol. The zero-order valence-electron chi connectivity index (χ0n) is 12.9. The Morgan fingerprint density at radius 3 is 2.04 bits per heavy atom. The first-order valence-electron chi connectivity index (χ1n) is 7.55. The van der Waals surface area contributed by atoms with Crippen molar-refractivity contribution < 1.29 is 18.4 Å². The second kappa shape index (κ2) is 6.69. The third kappa shape index (κ3) is 3.80. The van der Waals surface area contributed by atoms with E-state index in [0.29, 0.717) is 17.7 Å². The summed E-state index contributed by atoms with van der Waals surface area (Å²) in [6.07, 6.45) is 0.387. The van der Waals surface area contributed by atoms with Crippen LogP contribution in [-0.2, 0) is 9.59 Å². The van der Waals surface area contributed by atoms with Crippen molar-refractivity contribution in [3.05, 3.63) is 59.7 Å². The largest absolute Gasteiger partial charge is 0.326 e. The summed E-state index contributed by atoms with van der Waals surface area (Å²) in [5, 5.41) is 13.9. The smallest absolute Gasteiger partial charge is 0.228 e. The van der Waals surface area contributed by atoms with Crippen molar-refractivity contribution in [2.24, 2.45) is 11.8 Å². The van der Waals surface area contributed by atoms with Gasteiger partial charge in [0.1, 0.15) is 0 Å². The Kier molecular flexibility index (Phi) is 4.44. The number of anilines is 2. The first kappa shape index (κ1) is 16.6. The van der Waals surface area contributed by atoms with Gasteiger partial charge in [0.05, 0.1) is 23.5 Å². The molecule has 1 aliphatic rings. The third-order valence-corrected chi connectivity index (χ3v) is 3.93. The molecule has 5 nitrogen and oxygen atoms in total. The van der Waals surface area contributed by atoms with Crippen LogP contribution in [-0.4, -0.2) is 11.8 Å². The molecule has 2 amide bonds. The Labute approximate surface area is 142 Å². The maximum atomic E-state index is 13.1. The van der Waals surface area contributed by atoms with Crippen LogP contribution in [0.1, 0.15) is 12.0 Å². The minimum Gasteiger partial charge on any atom is -0.326 e. The fraction of sp³-hybridized carbons (Fsp3) is 0.167. The van der Waals surface area contributed by atoms with Crippen LogP contribution in [0.2, 0.25) is 0 Å². The van der Waals surface area contributed by atoms with Gasteiger partial charge >= 0.3 is 0 Å². The van der Waals surface area contributed by atoms with Gasteiger partial charge in [0.25, 0.3) is 0 Å². The third-order valence-electron chi connectivity index (χ3n) is 3.93. The first-order chi connectivity index (χ1) is 12.0. The van der Waals surface area contributed by atoms with E-state index in [1.165, 1.54) is 6.07 Å². The van der Waals surface area contributed by atoms with Crippen molar-refractivity contribution in [2.45, 2.75) is 6.42 Å². The number of amides is 2. The number of carbonyl (C=O) groups is 2. The van der Waals surface area contributed by atoms with Crippen LogP contribution in [0.5, 0.6) is 0 Å². The molecule has 2 atom stereocenters. The molecule has 1 aliphatic carbocycles. The number of nitrogens with zero attached hydrogens (tertiary/aromatic N) is 1. The van der Waals surface area contributed by atoms with Crippen LogP contribution in [0, 0.1) is 34.8 Å². The molecule has 7 heteroatoms. The Balaban J connectivity index is 1.55. The summed E-state index contributed by atoms with van der Waals surface area (Å²) in [7, 11) is 0. The number of nitriles is 1. The van der Waals surface area contributed by atoms with E-state index >= 15 is 0 Å². The molecule has 25 heavy (non-hydrogen) atoms. The average Bonchev–Trinajstić information content (AvgIpc) is 3.40. The minimum absolute atomic E-state index is 0.141. The van der Waals surface area contributed by atoms with Gasteiger partial charge in [0.2, 0.25) is 11.8 Å². The molecule has 2 aromatic rings. The van der Waals surface area contributed by atoms with E-state index in [-0.39, 0.29) is 11.6 Å². The van der Waals surface area contributed by atoms with Crippen LogP contribution in [0.25, 0.3) is 0 Å². The van der Waals surface area contributed by atoms with Crippen molar-refractivity contribution in [3.63, 3.8) is 0 Å². The number of rotatable bonds is 4. The van der Waals surface area contributed by atoms with Crippen LogP contribution >= 0.6 is 0 Å². The van der Waals surface area contributed by atoms with Crippen LogP contribution in [0.3, 0.4) is 0 Å². The number of hydrogen-bond acceptors (Lipinski definition) is 3. The Morgan fingerprint density at radius 1 is 0.920 bits per heavy atom. The van der Waals surface area contributed by atoms with Gasteiger partial charge in [-0.3, -0.25) is 9.59 Å². The van der Waals surface area contributed by atoms with E-state index in [1.807, 2.05) is 6.07 Å². The molecule has 2 unspecified atom stereocenters. The molecule has 0 spiro atoms. The SMILES string of the molecule is N#Cc1ccc(NC(=O)C2CC2C(=O)Nc2ccc(F)c(F)c2)cc1. The molecule has 1 fully saturated rings. The molecule has 2 aromatic carbocycles. The standard InChI is InChI=1S/C18H13F2N3O2/c19-15-6-5-12(7-16(15)20)23-18(25)14-8-13(14)17(24)22-11-3-1-10(9-21)2-4-11/h1-7,13-14H,8H2,(H,22,24)(H,23,25). The summed E-state index contributed by atoms with van der Waals surface area (Å²) in [5.41, 5.74) is 1.16. The number of halogens is 2. The predicted molar refractivity (Wildman–Crippen MR) is 86.4 cm³/mol. The van der Waals surface area contributed by atoms with Crippen molar-refractivity contribution in [1.82, 2.24) is 0 Å². The van der Waals surface area contributed by atoms with E-state index in [1.54, 1.807) is 24.3 Å². The summed E-state index contributed by atoms with van der Waals surface area (Å²) in [4.78, 5) is 24.2. The van der Waals surface area contributed by atoms with Gasteiger partial charge in [-0.1, -0.05) is 0 Å². The lowest BCUT2D eigenvalue weighted by atomic mass is 10.2. The van der Waals surface area contributed by atoms with Gasteiger partial charge in [-0.25, -0.2) is 8.78 Å². The van der Waals surface area contributed by atoms with Gasteiger partial charge in [0, 0.05) is 17.4 Å². The zero-order chi connectivity index (χ0) is 18.0. The van der Waals surface area contributed by atoms with Gasteiger partial charge in [0.15, 0.2) is 11.6 Å². The highest BCUT2D eigenvalue weighted by Crippen LogP contribution is 2.40. The van der Waals surface area contributed by atoms with E-state index in [4.69, 9.17) is 5.26 Å². The number of benzene rings is 2. The van der Waals surface area contributed by atoms with Gasteiger partial charge < -0.3 is 10.6 Å². The molecular weight excluding hydrogens is 328 g/mol. The highest BCUT2D eigenvalue weighted by molar-refractivity contribution is 6.03. The topological polar surface area (TPSA) is 82.0 Å². The fourth-order valence-corrected chi connectivity index (χ4v) is 2.45. The van der Waals surface area contributed by atoms with Crippen molar-refractivity contribution >= 4 is 23.2 Å². The van der Waals surface area contributed by atoms with Crippen LogP contribution in [0.4, 0.5) is 20.2 Å². The van der Waals surface area contributed by atoms with E-state index in [2.05, 4.69) is 10.6 Å². The van der Waals surface area contributed by atoms with E-state index in [0.717, 1.165) is 12.1 Å². The summed E-state index contributed by atoms with van der Waals surface area (Å²) < 4.78 is 26.0. The summed E-state index contributed by atoms with van der Waals surface area (Å²) in [5.74, 6) is -3.73. The molecule has 0 bridgehead atoms. The molecule has 2 N–H and O–H groups in total. The summed E-state index contributed by atoms with van der Waals surface area (Å²) in [6, 6.07) is 11.4. The normalized spacial score (nSPS) is 18.1. The highest BCUT2D eigenvalue weighted by atomic mass is 19.2. The quantitative estimate of drug-likeness (QED) is 0.897. The number of nitrogens with one attached hydrogen (secondary N) is 2. The molecular formula is C18H13F2N3O2. The van der Waals surface area contributed by atoms with E-state index in [9.17, 15) is 18.4 Å². The Bertz CT molecular complexity index is 875. The predicted octanol–water partition coefficient (Wildman–Crippen LogP) is 3.05. The molecule has 1 saturated carbocycles. The van der Waals surface area contributed by atoms with Gasteiger partial charge in [-0.05, 0) is 42.8 Å². The van der Waals surface area contributed by atoms with Crippen molar-refractivity contribution in [2.75, 3.05) is 10.6 Å². The Hall–Kier alpha value is -3.27. The van der Waals surface area contributed by atoms with E-state index < -0.39 is 29.4 Å². The summed E-state index contributed by atoms with van der Waals surface area (Å²) in [6.45, 7) is 0. The maximum absolute atomic E-state index is 13.1. The maximum Gasteiger partial charge on any atom is 0.228 e. The van der Waals surface area contributed by atoms with Crippen molar-refractivity contribution in [1.29, 1.82) is 5.26 Å². The molecule has 0 aliphatic heterocycles. The fourth-order valence-electron chi connectivity index (χ4n) is 2.45. The van der Waals surface area contributed by atoms with Gasteiger partial charge in [-0.15, -0.1) is 0 Å². The van der Waals surface area contributed by atoms with Crippen molar-refractivity contribution in [3.8, 4) is 6.07 Å². The molecule has 0 radical (unpaired) electrons. The second-order valence-corrected chi connectivity index (χ2v) is 5.75. The van der Waals surface area contributed by atoms with Gasteiger partial charge in [-0.2, -0.15) is 5.26 Å². The highest BCUT2D eigenvalue weighted by Gasteiger charge is 2.48. The second-order valence-electron chi connectivity index (χ2n) is 5.75. The molecule has 0 aromatic heterocycles. The van der Waals surface area contributed by atoms with Crippen LogP contribution in [0.15, 0.2) is 42.5 Å². The average molecular weight is 341 g/mol. The number of hydrogen-bond donors (Lipinski definition) is 2. The zero-order valence-corrected chi connectivity index (χ0v) is 12.9. The lowest BCUT2D eigenvalue weighted by Gasteiger charge is -2.06. The molecule has 126 valence electrons. The first-order valence-corrected chi connectivity index (χ1v) is 7.55. The van der Waals surface area contributed by atoms with Crippen LogP contribution < -0.4 is 10.6 Å². The lowest BCUT2D eigenvalue weighted by molar-refractivity contribution is -0.122. The minimum atomic E-state index is -1.05. The summed E-state index contributed by atoms with van der Waals surface area (Å²) >= 11 is 0. The Morgan fingerprint density at radius 2 is 1.48 bits per heavy atom. The lowest BCUT2D eigenvalue weighted by Crippen LogP contribution is -2.20. The molecule has 0 saturated heterocycles. The molecule has 3 rings (SSSR count).